The molecule has 0 radical (unpaired) electrons. The van der Waals surface area contributed by atoms with E-state index in [-0.39, 0.29) is 116 Å². The largest absolute Gasteiger partial charge is 0.530 e. The molecule has 0 saturated carbocycles. The fourth-order valence-corrected chi connectivity index (χ4v) is 15.1. The summed E-state index contributed by atoms with van der Waals surface area (Å²) in [5.74, 6) is 0.507. The quantitative estimate of drug-likeness (QED) is 0.0273. The molecule has 0 spiro atoms. The van der Waals surface area contributed by atoms with Crippen molar-refractivity contribution in [3.8, 4) is 17.2 Å². The molecular weight excluding hydrogens is 1690 g/mol. The van der Waals surface area contributed by atoms with Gasteiger partial charge in [0, 0.05) is 0 Å². The van der Waals surface area contributed by atoms with Gasteiger partial charge in [-0.25, -0.2) is 9.13 Å². The van der Waals surface area contributed by atoms with Crippen LogP contribution in [-0.2, 0) is 158 Å². The van der Waals surface area contributed by atoms with Crippen molar-refractivity contribution in [2.45, 2.75) is 87.8 Å². The van der Waals surface area contributed by atoms with Crippen LogP contribution in [0, 0.1) is 0 Å². The Kier molecular flexibility index (Phi) is 50.0. The molecule has 1 N–H and O–H groups in total. The first-order chi connectivity index (χ1) is 61.6. The number of para-hydroxylation sites is 3. The molecular formula is C90H121ClO32P2. The molecule has 32 nitrogen and oxygen atoms in total. The molecule has 125 heavy (non-hydrogen) atoms. The van der Waals surface area contributed by atoms with Gasteiger partial charge in [-0.15, -0.1) is 0 Å². The van der Waals surface area contributed by atoms with Crippen molar-refractivity contribution < 1.29 is 150 Å². The summed E-state index contributed by atoms with van der Waals surface area (Å²) >= 11 is 6.84. The number of phosphoric ester groups is 2. The van der Waals surface area contributed by atoms with Crippen LogP contribution in [0.15, 0.2) is 206 Å². The van der Waals surface area contributed by atoms with Crippen molar-refractivity contribution in [3.63, 3.8) is 0 Å². The molecule has 0 bridgehead atoms. The smallest absolute Gasteiger partial charge is 0.462 e. The van der Waals surface area contributed by atoms with Crippen LogP contribution in [0.2, 0.25) is 5.02 Å². The lowest BCUT2D eigenvalue weighted by Gasteiger charge is -2.47. The maximum Gasteiger partial charge on any atom is 0.530 e. The van der Waals surface area contributed by atoms with Crippen LogP contribution in [0.4, 0.5) is 0 Å². The Morgan fingerprint density at radius 2 is 0.536 bits per heavy atom. The van der Waals surface area contributed by atoms with Crippen molar-refractivity contribution in [3.05, 3.63) is 234 Å². The van der Waals surface area contributed by atoms with Gasteiger partial charge in [0.15, 0.2) is 0 Å². The Bertz CT molecular complexity index is 3890. The second-order valence-corrected chi connectivity index (χ2v) is 31.3. The number of fused-ring (bicyclic) bond motifs is 2. The monoisotopic (exact) mass is 1810 g/mol. The van der Waals surface area contributed by atoms with Gasteiger partial charge in [0.05, 0.1) is 256 Å². The van der Waals surface area contributed by atoms with E-state index in [1.807, 2.05) is 121 Å². The minimum absolute atomic E-state index is 0.0151. The van der Waals surface area contributed by atoms with Crippen molar-refractivity contribution in [2.24, 2.45) is 0 Å². The average molecular weight is 1810 g/mol. The number of hydrogen-bond donors (Lipinski definition) is 1. The molecule has 3 aliphatic rings. The highest BCUT2D eigenvalue weighted by Crippen LogP contribution is 2.56. The van der Waals surface area contributed by atoms with Gasteiger partial charge in [-0.3, -0.25) is 18.1 Å². The third kappa shape index (κ3) is 41.1. The number of rotatable bonds is 66. The van der Waals surface area contributed by atoms with E-state index in [9.17, 15) is 4.89 Å². The predicted octanol–water partition coefficient (Wildman–Crippen LogP) is 12.0. The Morgan fingerprint density at radius 3 is 0.840 bits per heavy atom. The first-order valence-electron chi connectivity index (χ1n) is 42.3. The number of ether oxygens (including phenoxy) is 24. The van der Waals surface area contributed by atoms with Gasteiger partial charge in [0.1, 0.15) is 66.1 Å². The Labute approximate surface area is 737 Å². The molecule has 35 heteroatoms. The fourth-order valence-electron chi connectivity index (χ4n) is 12.5. The summed E-state index contributed by atoms with van der Waals surface area (Å²) in [6.07, 6.45) is -14.9. The summed E-state index contributed by atoms with van der Waals surface area (Å²) in [4.78, 5) is 12.3. The van der Waals surface area contributed by atoms with Crippen LogP contribution >= 0.6 is 27.2 Å². The Hall–Kier alpha value is -6.39. The van der Waals surface area contributed by atoms with E-state index in [0.29, 0.717) is 144 Å². The van der Waals surface area contributed by atoms with E-state index in [1.165, 1.54) is 12.1 Å². The zero-order valence-electron chi connectivity index (χ0n) is 70.6. The molecule has 10 rings (SSSR count). The Morgan fingerprint density at radius 1 is 0.288 bits per heavy atom. The molecule has 7 aromatic rings. The van der Waals surface area contributed by atoms with Crippen LogP contribution in [0.3, 0.4) is 0 Å². The third-order valence-corrected chi connectivity index (χ3v) is 21.3. The summed E-state index contributed by atoms with van der Waals surface area (Å²) in [5.41, 5.74) is 4.29. The number of halogens is 1. The molecule has 0 aliphatic carbocycles. The lowest BCUT2D eigenvalue weighted by molar-refractivity contribution is -0.301. The van der Waals surface area contributed by atoms with Crippen molar-refractivity contribution in [1.82, 2.24) is 0 Å². The van der Waals surface area contributed by atoms with Gasteiger partial charge in [0.25, 0.3) is 0 Å². The summed E-state index contributed by atoms with van der Waals surface area (Å²) in [5, 5.41) is 0.0151. The molecule has 690 valence electrons. The molecule has 0 amide bonds. The standard InChI is InChI=1S/C90H121ClO32P2/c91-79-33-19-20-34-80(79)121-125(94)116-72-82-83(85(111-63-59-103-47-43-95-35-39-99-51-55-107-67-73-21-7-1-8-22-73)87(89(120-82)117-77-29-15-5-16-30-77)113-65-61-105-49-45-97-37-41-101-53-57-109-69-75-25-11-3-12-26-75)122-124(92,93)115-71-81-84(123-125)86(112-64-60-104-48-44-96-36-40-100-52-56-108-68-74-23-9-2-10-24-74)88(90(119-81)118-78-31-17-6-18-32-78)114-66-62-106-50-46-98-38-42-102-54-58-110-70-76-27-13-4-14-28-76/h1-34,81-90H,35-72H2,(H,92,93)/t81-,82-,83-,84-,85+,86+,87-,88-,89-,90-,125?/m1/s1. The Balaban J connectivity index is 0.837. The molecule has 0 aromatic heterocycles. The first-order valence-corrected chi connectivity index (χ1v) is 45.6. The fraction of sp³-hybridized carbons (Fsp3) is 0.533. The maximum absolute atomic E-state index is 16.4. The summed E-state index contributed by atoms with van der Waals surface area (Å²) in [6.45, 7) is 7.04. The number of hydrogen-bond acceptors (Lipinski definition) is 31. The highest BCUT2D eigenvalue weighted by molar-refractivity contribution is 7.49. The molecule has 2 unspecified atom stereocenters. The molecule has 12 atom stereocenters. The summed E-state index contributed by atoms with van der Waals surface area (Å²) in [6, 6.07) is 63.1. The molecule has 3 heterocycles. The predicted molar refractivity (Wildman–Crippen MR) is 456 cm³/mol. The second kappa shape index (κ2) is 62.0. The SMILES string of the molecule is O=P1(O)OC[C@H]2O[C@@H](Oc3ccccc3)[C@H](OCCOCCOCCOCCOCc3ccccc3)[C@@H](OCCOCCOCCOCCOCc3ccccc3)[C@@H]2OP(=O)(Oc2ccccc2Cl)OC[C@H]2O[C@@H](Oc3ccccc3)[C@H](OCCOCCOCCOCCOCc3ccccc3)[C@@H](OCCOCCOCCOCCOCc3ccccc3)[C@@H]2O1. The van der Waals surface area contributed by atoms with E-state index in [4.69, 9.17) is 148 Å². The average Bonchev–Trinajstić information content (AvgIpc) is 0.766. The van der Waals surface area contributed by atoms with Crippen LogP contribution in [0.1, 0.15) is 22.3 Å². The molecule has 3 fully saturated rings. The molecule has 7 aromatic carbocycles. The lowest BCUT2D eigenvalue weighted by atomic mass is 9.98. The van der Waals surface area contributed by atoms with E-state index in [0.717, 1.165) is 22.3 Å². The lowest BCUT2D eigenvalue weighted by Crippen LogP contribution is -2.63. The third-order valence-electron chi connectivity index (χ3n) is 18.6. The first kappa shape index (κ1) is 101. The molecule has 3 saturated heterocycles. The maximum atomic E-state index is 16.4. The highest BCUT2D eigenvalue weighted by atomic mass is 35.5. The van der Waals surface area contributed by atoms with Crippen LogP contribution in [-0.4, -0.2) is 291 Å². The summed E-state index contributed by atoms with van der Waals surface area (Å²) < 4.78 is 210. The van der Waals surface area contributed by atoms with E-state index in [2.05, 4.69) is 0 Å². The van der Waals surface area contributed by atoms with Gasteiger partial charge < -0.3 is 123 Å². The van der Waals surface area contributed by atoms with Crippen LogP contribution in [0.5, 0.6) is 17.2 Å². The van der Waals surface area contributed by atoms with E-state index < -0.39 is 90.3 Å². The van der Waals surface area contributed by atoms with Gasteiger partial charge in [0.2, 0.25) is 12.6 Å². The van der Waals surface area contributed by atoms with Gasteiger partial charge >= 0.3 is 15.6 Å². The van der Waals surface area contributed by atoms with Crippen LogP contribution in [0.25, 0.3) is 0 Å². The van der Waals surface area contributed by atoms with Gasteiger partial charge in [-0.2, -0.15) is 0 Å². The topological polar surface area (TPSA) is 322 Å². The zero-order chi connectivity index (χ0) is 86.8. The zero-order valence-corrected chi connectivity index (χ0v) is 73.2. The number of phosphoric acid groups is 2. The minimum atomic E-state index is -5.41. The second-order valence-electron chi connectivity index (χ2n) is 28.0. The summed E-state index contributed by atoms with van der Waals surface area (Å²) in [7, 11) is -10.6. The van der Waals surface area contributed by atoms with Crippen LogP contribution < -0.4 is 14.0 Å². The van der Waals surface area contributed by atoms with Crippen molar-refractivity contribution >= 4 is 27.2 Å². The van der Waals surface area contributed by atoms with Gasteiger partial charge in [-0.05, 0) is 58.7 Å². The van der Waals surface area contributed by atoms with E-state index >= 15 is 9.13 Å². The van der Waals surface area contributed by atoms with Crippen molar-refractivity contribution in [2.75, 3.05) is 225 Å². The highest BCUT2D eigenvalue weighted by Gasteiger charge is 2.57. The van der Waals surface area contributed by atoms with Gasteiger partial charge in [-0.1, -0.05) is 181 Å². The minimum Gasteiger partial charge on any atom is -0.462 e. The van der Waals surface area contributed by atoms with Crippen molar-refractivity contribution in [1.29, 1.82) is 0 Å². The van der Waals surface area contributed by atoms with E-state index in [1.54, 1.807) is 72.8 Å². The normalized spacial score (nSPS) is 22.2. The number of benzene rings is 7. The molecule has 3 aliphatic heterocycles.